The number of pyridine rings is 1. The van der Waals surface area contributed by atoms with Crippen LogP contribution in [0.4, 0.5) is 11.6 Å². The van der Waals surface area contributed by atoms with Crippen LogP contribution in [0.1, 0.15) is 24.1 Å². The molecule has 0 aromatic carbocycles. The molecule has 1 aliphatic carbocycles. The number of aromatic nitrogens is 7. The summed E-state index contributed by atoms with van der Waals surface area (Å²) >= 11 is 0. The van der Waals surface area contributed by atoms with E-state index in [4.69, 9.17) is 4.98 Å². The lowest BCUT2D eigenvalue weighted by molar-refractivity contribution is 0.572. The molecular weight excluding hydrogens is 316 g/mol. The lowest BCUT2D eigenvalue weighted by atomic mass is 10.2. The van der Waals surface area contributed by atoms with Gasteiger partial charge in [0.1, 0.15) is 6.33 Å². The Morgan fingerprint density at radius 2 is 2.12 bits per heavy atom. The molecule has 0 radical (unpaired) electrons. The summed E-state index contributed by atoms with van der Waals surface area (Å²) in [5.74, 6) is 1.30. The van der Waals surface area contributed by atoms with Gasteiger partial charge in [-0.3, -0.25) is 0 Å². The van der Waals surface area contributed by atoms with E-state index >= 15 is 0 Å². The van der Waals surface area contributed by atoms with Gasteiger partial charge in [0.15, 0.2) is 11.3 Å². The Morgan fingerprint density at radius 1 is 1.24 bits per heavy atom. The summed E-state index contributed by atoms with van der Waals surface area (Å²) in [7, 11) is 0. The maximum Gasteiger partial charge on any atom is 0.229 e. The third-order valence-electron chi connectivity index (χ3n) is 4.67. The van der Waals surface area contributed by atoms with Gasteiger partial charge < -0.3 is 5.32 Å². The predicted molar refractivity (Wildman–Crippen MR) is 93.8 cm³/mol. The van der Waals surface area contributed by atoms with Crippen LogP contribution >= 0.6 is 0 Å². The molecule has 4 aromatic rings. The van der Waals surface area contributed by atoms with Crippen LogP contribution < -0.4 is 5.32 Å². The second-order valence-electron chi connectivity index (χ2n) is 6.70. The number of hydrogen-bond donors (Lipinski definition) is 1. The molecule has 4 aromatic heterocycles. The lowest BCUT2D eigenvalue weighted by Gasteiger charge is -2.09. The number of anilines is 2. The van der Waals surface area contributed by atoms with Crippen LogP contribution in [0.25, 0.3) is 16.7 Å². The van der Waals surface area contributed by atoms with Crippen molar-refractivity contribution in [2.75, 3.05) is 5.32 Å². The van der Waals surface area contributed by atoms with Gasteiger partial charge >= 0.3 is 0 Å². The van der Waals surface area contributed by atoms with E-state index in [2.05, 4.69) is 25.5 Å². The first-order valence-corrected chi connectivity index (χ1v) is 8.44. The fourth-order valence-corrected chi connectivity index (χ4v) is 3.05. The topological polar surface area (TPSA) is 85.8 Å². The summed E-state index contributed by atoms with van der Waals surface area (Å²) in [6, 6.07) is 1.98. The second-order valence-corrected chi connectivity index (χ2v) is 6.70. The number of hydrogen-bond acceptors (Lipinski definition) is 6. The molecule has 1 aliphatic rings. The Labute approximate surface area is 143 Å². The van der Waals surface area contributed by atoms with Crippen LogP contribution in [-0.4, -0.2) is 34.3 Å². The number of fused-ring (bicyclic) bond motifs is 2. The molecule has 0 atom stereocenters. The third-order valence-corrected chi connectivity index (χ3v) is 4.67. The van der Waals surface area contributed by atoms with Crippen LogP contribution in [0.2, 0.25) is 0 Å². The molecule has 0 aliphatic heterocycles. The first-order valence-electron chi connectivity index (χ1n) is 8.44. The van der Waals surface area contributed by atoms with Gasteiger partial charge in [-0.25, -0.2) is 19.2 Å². The molecule has 1 saturated carbocycles. The molecular formula is C17H18N8. The average molecular weight is 334 g/mol. The zero-order valence-electron chi connectivity index (χ0n) is 14.1. The van der Waals surface area contributed by atoms with E-state index in [0.717, 1.165) is 46.1 Å². The first-order chi connectivity index (χ1) is 12.2. The van der Waals surface area contributed by atoms with E-state index in [1.165, 1.54) is 12.8 Å². The van der Waals surface area contributed by atoms with Gasteiger partial charge in [0.2, 0.25) is 5.95 Å². The van der Waals surface area contributed by atoms with Crippen molar-refractivity contribution in [1.82, 2.24) is 34.3 Å². The van der Waals surface area contributed by atoms with Crippen LogP contribution in [0, 0.1) is 19.8 Å². The van der Waals surface area contributed by atoms with Gasteiger partial charge in [-0.1, -0.05) is 0 Å². The molecule has 1 fully saturated rings. The minimum Gasteiger partial charge on any atom is -0.323 e. The summed E-state index contributed by atoms with van der Waals surface area (Å²) in [5.41, 5.74) is 4.65. The molecule has 8 nitrogen and oxygen atoms in total. The fourth-order valence-electron chi connectivity index (χ4n) is 3.05. The minimum absolute atomic E-state index is 0.562. The zero-order valence-corrected chi connectivity index (χ0v) is 14.1. The Hall–Kier alpha value is -3.03. The normalized spacial score (nSPS) is 14.5. The summed E-state index contributed by atoms with van der Waals surface area (Å²) in [4.78, 5) is 13.4. The lowest BCUT2D eigenvalue weighted by Crippen LogP contribution is -2.05. The van der Waals surface area contributed by atoms with Crippen molar-refractivity contribution in [1.29, 1.82) is 0 Å². The number of rotatable bonds is 4. The second kappa shape index (κ2) is 5.23. The highest BCUT2D eigenvalue weighted by molar-refractivity contribution is 5.78. The van der Waals surface area contributed by atoms with Crippen molar-refractivity contribution in [3.05, 3.63) is 36.0 Å². The minimum atomic E-state index is 0.562. The SMILES string of the molecule is Cc1cc2ncnn2cc1Nc1ncc2c(C)nn(CC3CC3)c2n1. The van der Waals surface area contributed by atoms with E-state index in [9.17, 15) is 0 Å². The number of nitrogens with one attached hydrogen (secondary N) is 1. The highest BCUT2D eigenvalue weighted by Crippen LogP contribution is 2.32. The Morgan fingerprint density at radius 3 is 2.96 bits per heavy atom. The Balaban J connectivity index is 1.54. The fraction of sp³-hybridized carbons (Fsp3) is 0.353. The molecule has 0 amide bonds. The van der Waals surface area contributed by atoms with Crippen molar-refractivity contribution in [3.63, 3.8) is 0 Å². The molecule has 0 unspecified atom stereocenters. The number of aryl methyl sites for hydroxylation is 2. The molecule has 0 bridgehead atoms. The molecule has 8 heteroatoms. The molecule has 0 saturated heterocycles. The van der Waals surface area contributed by atoms with Crippen LogP contribution in [0.5, 0.6) is 0 Å². The highest BCUT2D eigenvalue weighted by Gasteiger charge is 2.24. The van der Waals surface area contributed by atoms with E-state index in [0.29, 0.717) is 5.95 Å². The summed E-state index contributed by atoms with van der Waals surface area (Å²) in [6.07, 6.45) is 7.86. The van der Waals surface area contributed by atoms with Gasteiger partial charge in [-0.05, 0) is 44.2 Å². The Kier molecular flexibility index (Phi) is 3.00. The quantitative estimate of drug-likeness (QED) is 0.617. The molecule has 25 heavy (non-hydrogen) atoms. The zero-order chi connectivity index (χ0) is 17.0. The maximum atomic E-state index is 4.71. The van der Waals surface area contributed by atoms with Gasteiger partial charge in [0.05, 0.1) is 23.0 Å². The van der Waals surface area contributed by atoms with E-state index < -0.39 is 0 Å². The van der Waals surface area contributed by atoms with Crippen LogP contribution in [0.15, 0.2) is 24.8 Å². The van der Waals surface area contributed by atoms with E-state index in [1.807, 2.05) is 37.0 Å². The maximum absolute atomic E-state index is 4.71. The standard InChI is InChI=1S/C17H18N8/c1-10-5-15-19-9-20-24(15)8-14(10)21-17-18-6-13-11(2)23-25(16(13)22-17)7-12-3-4-12/h5-6,8-9,12H,3-4,7H2,1-2H3,(H,18,21,22). The van der Waals surface area contributed by atoms with E-state index in [1.54, 1.807) is 10.8 Å². The first kappa shape index (κ1) is 14.3. The van der Waals surface area contributed by atoms with Crippen molar-refractivity contribution in [3.8, 4) is 0 Å². The molecule has 4 heterocycles. The highest BCUT2D eigenvalue weighted by atomic mass is 15.3. The van der Waals surface area contributed by atoms with E-state index in [-0.39, 0.29) is 0 Å². The summed E-state index contributed by atoms with van der Waals surface area (Å²) in [5, 5.41) is 13.1. The molecule has 1 N–H and O–H groups in total. The molecule has 126 valence electrons. The number of nitrogens with zero attached hydrogens (tertiary/aromatic N) is 7. The van der Waals surface area contributed by atoms with Crippen LogP contribution in [-0.2, 0) is 6.54 Å². The van der Waals surface area contributed by atoms with Crippen molar-refractivity contribution < 1.29 is 0 Å². The van der Waals surface area contributed by atoms with Crippen molar-refractivity contribution in [2.45, 2.75) is 33.2 Å². The van der Waals surface area contributed by atoms with Crippen molar-refractivity contribution >= 4 is 28.3 Å². The monoisotopic (exact) mass is 334 g/mol. The van der Waals surface area contributed by atoms with Crippen LogP contribution in [0.3, 0.4) is 0 Å². The van der Waals surface area contributed by atoms with Gasteiger partial charge in [-0.15, -0.1) is 0 Å². The smallest absolute Gasteiger partial charge is 0.229 e. The molecule has 0 spiro atoms. The summed E-state index contributed by atoms with van der Waals surface area (Å²) in [6.45, 7) is 4.97. The van der Waals surface area contributed by atoms with Gasteiger partial charge in [0.25, 0.3) is 0 Å². The largest absolute Gasteiger partial charge is 0.323 e. The molecule has 5 rings (SSSR count). The summed E-state index contributed by atoms with van der Waals surface area (Å²) < 4.78 is 3.75. The van der Waals surface area contributed by atoms with Gasteiger partial charge in [0, 0.05) is 12.7 Å². The van der Waals surface area contributed by atoms with Gasteiger partial charge in [-0.2, -0.15) is 15.2 Å². The predicted octanol–water partition coefficient (Wildman–Crippen LogP) is 2.64. The Bertz CT molecular complexity index is 1090. The van der Waals surface area contributed by atoms with Crippen molar-refractivity contribution in [2.24, 2.45) is 5.92 Å². The average Bonchev–Trinajstić information content (AvgIpc) is 3.21. The third kappa shape index (κ3) is 2.50.